The Labute approximate surface area is 109 Å². The number of pyridine rings is 1. The Balaban J connectivity index is 2.07. The standard InChI is InChI=1S/C13H14N2O2S/c1-17-13(16)9-4-5-10-7-14-12(15(10)8-9)11-3-2-6-18-11/h4-5,7-8,11H,2-3,6H2,1H3. The lowest BCUT2D eigenvalue weighted by molar-refractivity contribution is 0.0600. The lowest BCUT2D eigenvalue weighted by atomic mass is 10.2. The molecule has 3 heterocycles. The third kappa shape index (κ3) is 1.88. The number of methoxy groups -OCH3 is 1. The molecule has 2 aromatic rings. The van der Waals surface area contributed by atoms with Crippen LogP contribution in [-0.2, 0) is 4.74 Å². The van der Waals surface area contributed by atoms with Crippen molar-refractivity contribution in [3.8, 4) is 0 Å². The second-order valence-electron chi connectivity index (χ2n) is 4.32. The van der Waals surface area contributed by atoms with Crippen LogP contribution in [0, 0.1) is 0 Å². The van der Waals surface area contributed by atoms with Gasteiger partial charge in [0.15, 0.2) is 0 Å². The molecular weight excluding hydrogens is 248 g/mol. The lowest BCUT2D eigenvalue weighted by Crippen LogP contribution is -2.04. The van der Waals surface area contributed by atoms with Crippen molar-refractivity contribution in [1.82, 2.24) is 9.38 Å². The minimum atomic E-state index is -0.310. The SMILES string of the molecule is COC(=O)c1ccc2cnc(C3CCCS3)n2c1. The van der Waals surface area contributed by atoms with Crippen molar-refractivity contribution in [2.45, 2.75) is 18.1 Å². The van der Waals surface area contributed by atoms with E-state index >= 15 is 0 Å². The number of nitrogens with zero attached hydrogens (tertiary/aromatic N) is 2. The molecule has 0 radical (unpaired) electrons. The molecule has 1 fully saturated rings. The molecular formula is C13H14N2O2S. The van der Waals surface area contributed by atoms with E-state index in [1.807, 2.05) is 34.6 Å². The fraction of sp³-hybridized carbons (Fsp3) is 0.385. The molecule has 5 heteroatoms. The van der Waals surface area contributed by atoms with Gasteiger partial charge in [-0.05, 0) is 30.7 Å². The quantitative estimate of drug-likeness (QED) is 0.780. The molecule has 1 aliphatic rings. The summed E-state index contributed by atoms with van der Waals surface area (Å²) in [4.78, 5) is 16.0. The predicted octanol–water partition coefficient (Wildman–Crippen LogP) is 2.69. The number of esters is 1. The molecule has 0 aromatic carbocycles. The highest BCUT2D eigenvalue weighted by molar-refractivity contribution is 7.99. The number of ether oxygens (including phenoxy) is 1. The first-order valence-electron chi connectivity index (χ1n) is 5.96. The molecule has 0 aliphatic carbocycles. The van der Waals surface area contributed by atoms with Crippen molar-refractivity contribution in [3.05, 3.63) is 35.9 Å². The van der Waals surface area contributed by atoms with E-state index in [0.717, 1.165) is 17.8 Å². The van der Waals surface area contributed by atoms with Crippen molar-refractivity contribution >= 4 is 23.2 Å². The molecule has 0 bridgehead atoms. The Hall–Kier alpha value is -1.49. The van der Waals surface area contributed by atoms with Gasteiger partial charge in [0.05, 0.1) is 29.6 Å². The molecule has 0 amide bonds. The zero-order valence-electron chi connectivity index (χ0n) is 10.1. The number of hydrogen-bond acceptors (Lipinski definition) is 4. The fourth-order valence-corrected chi connectivity index (χ4v) is 3.54. The Morgan fingerprint density at radius 2 is 2.44 bits per heavy atom. The molecule has 1 atom stereocenters. The number of carbonyl (C=O) groups is 1. The van der Waals surface area contributed by atoms with Crippen LogP contribution in [0.3, 0.4) is 0 Å². The minimum absolute atomic E-state index is 0.310. The van der Waals surface area contributed by atoms with Gasteiger partial charge in [-0.15, -0.1) is 0 Å². The first-order chi connectivity index (χ1) is 8.79. The van der Waals surface area contributed by atoms with Crippen LogP contribution in [0.5, 0.6) is 0 Å². The van der Waals surface area contributed by atoms with Gasteiger partial charge in [0.2, 0.25) is 0 Å². The predicted molar refractivity (Wildman–Crippen MR) is 71.0 cm³/mol. The highest BCUT2D eigenvalue weighted by atomic mass is 32.2. The summed E-state index contributed by atoms with van der Waals surface area (Å²) in [6.07, 6.45) is 6.07. The summed E-state index contributed by atoms with van der Waals surface area (Å²) in [5.41, 5.74) is 1.58. The number of imidazole rings is 1. The molecule has 2 aromatic heterocycles. The van der Waals surface area contributed by atoms with E-state index in [0.29, 0.717) is 10.8 Å². The number of rotatable bonds is 2. The first kappa shape index (κ1) is 11.6. The van der Waals surface area contributed by atoms with Gasteiger partial charge in [-0.2, -0.15) is 11.8 Å². The van der Waals surface area contributed by atoms with Crippen LogP contribution in [0.15, 0.2) is 24.5 Å². The zero-order valence-corrected chi connectivity index (χ0v) is 10.9. The van der Waals surface area contributed by atoms with E-state index in [4.69, 9.17) is 4.74 Å². The summed E-state index contributed by atoms with van der Waals surface area (Å²) in [5, 5.41) is 0.445. The van der Waals surface area contributed by atoms with E-state index in [9.17, 15) is 4.79 Å². The molecule has 94 valence electrons. The minimum Gasteiger partial charge on any atom is -0.465 e. The summed E-state index contributed by atoms with van der Waals surface area (Å²) in [7, 11) is 1.40. The topological polar surface area (TPSA) is 43.6 Å². The second-order valence-corrected chi connectivity index (χ2v) is 5.63. The Kier molecular flexibility index (Phi) is 2.99. The highest BCUT2D eigenvalue weighted by Gasteiger charge is 2.22. The van der Waals surface area contributed by atoms with Crippen LogP contribution < -0.4 is 0 Å². The number of thioether (sulfide) groups is 1. The summed E-state index contributed by atoms with van der Waals surface area (Å²) in [5.74, 6) is 1.92. The van der Waals surface area contributed by atoms with Crippen LogP contribution in [0.4, 0.5) is 0 Å². The number of carbonyl (C=O) groups excluding carboxylic acids is 1. The third-order valence-electron chi connectivity index (χ3n) is 3.19. The largest absolute Gasteiger partial charge is 0.465 e. The Morgan fingerprint density at radius 3 is 3.17 bits per heavy atom. The van der Waals surface area contributed by atoms with Gasteiger partial charge in [-0.25, -0.2) is 9.78 Å². The molecule has 1 aliphatic heterocycles. The maximum atomic E-state index is 11.6. The lowest BCUT2D eigenvalue weighted by Gasteiger charge is -2.08. The van der Waals surface area contributed by atoms with Gasteiger partial charge in [0.25, 0.3) is 0 Å². The summed E-state index contributed by atoms with van der Waals surface area (Å²) in [6, 6.07) is 3.68. The zero-order chi connectivity index (χ0) is 12.5. The molecule has 4 nitrogen and oxygen atoms in total. The van der Waals surface area contributed by atoms with Gasteiger partial charge in [0.1, 0.15) is 5.82 Å². The highest BCUT2D eigenvalue weighted by Crippen LogP contribution is 2.39. The maximum absolute atomic E-state index is 11.6. The normalized spacial score (nSPS) is 19.3. The van der Waals surface area contributed by atoms with E-state index < -0.39 is 0 Å². The number of aromatic nitrogens is 2. The Morgan fingerprint density at radius 1 is 1.56 bits per heavy atom. The van der Waals surface area contributed by atoms with Gasteiger partial charge < -0.3 is 9.14 Å². The fourth-order valence-electron chi connectivity index (χ4n) is 2.27. The van der Waals surface area contributed by atoms with Crippen molar-refractivity contribution in [2.24, 2.45) is 0 Å². The average Bonchev–Trinajstić information content (AvgIpc) is 3.05. The third-order valence-corrected chi connectivity index (χ3v) is 4.57. The van der Waals surface area contributed by atoms with Gasteiger partial charge in [0, 0.05) is 6.20 Å². The van der Waals surface area contributed by atoms with Crippen molar-refractivity contribution in [1.29, 1.82) is 0 Å². The number of fused-ring (bicyclic) bond motifs is 1. The molecule has 0 saturated carbocycles. The van der Waals surface area contributed by atoms with Crippen molar-refractivity contribution in [2.75, 3.05) is 12.9 Å². The van der Waals surface area contributed by atoms with E-state index in [-0.39, 0.29) is 5.97 Å². The van der Waals surface area contributed by atoms with Gasteiger partial charge in [-0.1, -0.05) is 0 Å². The van der Waals surface area contributed by atoms with Crippen LogP contribution in [0.1, 0.15) is 34.3 Å². The first-order valence-corrected chi connectivity index (χ1v) is 7.01. The molecule has 1 saturated heterocycles. The van der Waals surface area contributed by atoms with E-state index in [1.165, 1.54) is 19.3 Å². The van der Waals surface area contributed by atoms with Crippen LogP contribution >= 0.6 is 11.8 Å². The van der Waals surface area contributed by atoms with Crippen LogP contribution in [0.2, 0.25) is 0 Å². The van der Waals surface area contributed by atoms with Gasteiger partial charge in [-0.3, -0.25) is 0 Å². The molecule has 3 rings (SSSR count). The summed E-state index contributed by atoms with van der Waals surface area (Å²) >= 11 is 1.94. The average molecular weight is 262 g/mol. The molecule has 18 heavy (non-hydrogen) atoms. The van der Waals surface area contributed by atoms with E-state index in [1.54, 1.807) is 6.07 Å². The summed E-state index contributed by atoms with van der Waals surface area (Å²) < 4.78 is 6.76. The van der Waals surface area contributed by atoms with Gasteiger partial charge >= 0.3 is 5.97 Å². The second kappa shape index (κ2) is 4.65. The smallest absolute Gasteiger partial charge is 0.339 e. The molecule has 0 spiro atoms. The molecule has 0 N–H and O–H groups in total. The number of hydrogen-bond donors (Lipinski definition) is 0. The van der Waals surface area contributed by atoms with Crippen LogP contribution in [-0.4, -0.2) is 28.2 Å². The van der Waals surface area contributed by atoms with E-state index in [2.05, 4.69) is 4.98 Å². The monoisotopic (exact) mass is 262 g/mol. The van der Waals surface area contributed by atoms with Crippen molar-refractivity contribution in [3.63, 3.8) is 0 Å². The molecule has 1 unspecified atom stereocenters. The summed E-state index contributed by atoms with van der Waals surface area (Å²) in [6.45, 7) is 0. The maximum Gasteiger partial charge on any atom is 0.339 e. The van der Waals surface area contributed by atoms with Crippen LogP contribution in [0.25, 0.3) is 5.52 Å². The Bertz CT molecular complexity index is 588. The van der Waals surface area contributed by atoms with Crippen molar-refractivity contribution < 1.29 is 9.53 Å².